The van der Waals surface area contributed by atoms with Gasteiger partial charge in [-0.25, -0.2) is 0 Å². The molecule has 1 aromatic carbocycles. The molecule has 1 saturated heterocycles. The first-order chi connectivity index (χ1) is 14.4. The van der Waals surface area contributed by atoms with Crippen molar-refractivity contribution in [3.8, 4) is 5.75 Å². The van der Waals surface area contributed by atoms with E-state index in [2.05, 4.69) is 74.8 Å². The second-order valence-corrected chi connectivity index (χ2v) is 9.23. The first kappa shape index (κ1) is 21.1. The van der Waals surface area contributed by atoms with Crippen LogP contribution >= 0.6 is 34.8 Å². The predicted octanol–water partition coefficient (Wildman–Crippen LogP) is 5.60. The van der Waals surface area contributed by atoms with E-state index in [1.54, 1.807) is 0 Å². The number of anilines is 1. The smallest absolute Gasteiger partial charge is 0.174 e. The average molecular weight is 532 g/mol. The van der Waals surface area contributed by atoms with Gasteiger partial charge < -0.3 is 19.9 Å². The number of aromatic nitrogens is 2. The predicted molar refractivity (Wildman–Crippen MR) is 133 cm³/mol. The molecule has 0 radical (unpaired) electrons. The van der Waals surface area contributed by atoms with E-state index in [0.717, 1.165) is 22.8 Å². The van der Waals surface area contributed by atoms with E-state index in [1.165, 1.54) is 14.8 Å². The largest absolute Gasteiger partial charge is 0.491 e. The lowest BCUT2D eigenvalue weighted by Gasteiger charge is -2.28. The van der Waals surface area contributed by atoms with Crippen LogP contribution in [0.4, 0.5) is 5.69 Å². The first-order valence-electron chi connectivity index (χ1n) is 9.98. The summed E-state index contributed by atoms with van der Waals surface area (Å²) in [6.07, 6.45) is 1.97. The number of ether oxygens (including phenoxy) is 1. The summed E-state index contributed by atoms with van der Waals surface area (Å²) in [6, 6.07) is 14.1. The third-order valence-electron chi connectivity index (χ3n) is 5.23. The zero-order valence-corrected chi connectivity index (χ0v) is 20.4. The maximum absolute atomic E-state index is 5.82. The summed E-state index contributed by atoms with van der Waals surface area (Å²) >= 11 is 8.25. The summed E-state index contributed by atoms with van der Waals surface area (Å²) in [5.41, 5.74) is 5.57. The van der Waals surface area contributed by atoms with Crippen LogP contribution in [0.25, 0.3) is 0 Å². The topological polar surface area (TPSA) is 53.2 Å². The molecule has 3 aromatic rings. The molecule has 4 rings (SSSR count). The molecule has 1 fully saturated rings. The van der Waals surface area contributed by atoms with Gasteiger partial charge in [-0.2, -0.15) is 0 Å². The van der Waals surface area contributed by atoms with Crippen LogP contribution in [0.15, 0.2) is 48.7 Å². The van der Waals surface area contributed by atoms with Crippen molar-refractivity contribution in [2.24, 2.45) is 0 Å². The van der Waals surface area contributed by atoms with Crippen LogP contribution in [-0.4, -0.2) is 21.2 Å². The number of rotatable bonds is 5. The Morgan fingerprint density at radius 2 is 1.83 bits per heavy atom. The molecular weight excluding hydrogens is 507 g/mol. The number of thiocarbonyl (C=S) groups is 1. The van der Waals surface area contributed by atoms with Gasteiger partial charge in [0.15, 0.2) is 5.11 Å². The number of benzene rings is 1. The number of nitrogens with one attached hydrogen (secondary N) is 2. The quantitative estimate of drug-likeness (QED) is 0.331. The van der Waals surface area contributed by atoms with Crippen LogP contribution < -0.4 is 15.0 Å². The molecule has 0 saturated carbocycles. The maximum atomic E-state index is 5.82. The molecule has 30 heavy (non-hydrogen) atoms. The molecule has 0 amide bonds. The van der Waals surface area contributed by atoms with Gasteiger partial charge in [-0.3, -0.25) is 4.98 Å². The number of nitrogens with zero attached hydrogens (tertiary/aromatic N) is 2. The van der Waals surface area contributed by atoms with Gasteiger partial charge in [-0.15, -0.1) is 0 Å². The summed E-state index contributed by atoms with van der Waals surface area (Å²) in [7, 11) is 0. The molecule has 0 spiro atoms. The van der Waals surface area contributed by atoms with Crippen LogP contribution in [0, 0.1) is 17.4 Å². The highest BCUT2D eigenvalue weighted by Crippen LogP contribution is 2.44. The summed E-state index contributed by atoms with van der Waals surface area (Å²) in [5.74, 6) is 0.855. The lowest BCUT2D eigenvalue weighted by Crippen LogP contribution is -2.29. The minimum absolute atomic E-state index is 0.0129. The highest BCUT2D eigenvalue weighted by Gasteiger charge is 2.42. The van der Waals surface area contributed by atoms with Gasteiger partial charge in [0.05, 0.1) is 23.9 Å². The van der Waals surface area contributed by atoms with E-state index >= 15 is 0 Å². The summed E-state index contributed by atoms with van der Waals surface area (Å²) < 4.78 is 7.05. The number of aromatic amines is 1. The van der Waals surface area contributed by atoms with Crippen molar-refractivity contribution in [1.29, 1.82) is 0 Å². The fourth-order valence-electron chi connectivity index (χ4n) is 4.01. The van der Waals surface area contributed by atoms with Gasteiger partial charge in [0.2, 0.25) is 0 Å². The van der Waals surface area contributed by atoms with Crippen molar-refractivity contribution in [3.05, 3.63) is 74.9 Å². The van der Waals surface area contributed by atoms with Gasteiger partial charge in [0.25, 0.3) is 0 Å². The van der Waals surface area contributed by atoms with Gasteiger partial charge in [-0.1, -0.05) is 6.07 Å². The van der Waals surface area contributed by atoms with Crippen LogP contribution in [0.3, 0.4) is 0 Å². The third-order valence-corrected chi connectivity index (χ3v) is 6.93. The van der Waals surface area contributed by atoms with Crippen LogP contribution in [0.5, 0.6) is 5.75 Å². The summed E-state index contributed by atoms with van der Waals surface area (Å²) in [6.45, 7) is 8.29. The van der Waals surface area contributed by atoms with Crippen molar-refractivity contribution in [2.75, 3.05) is 4.90 Å². The van der Waals surface area contributed by atoms with Crippen LogP contribution in [0.2, 0.25) is 0 Å². The Balaban J connectivity index is 1.80. The summed E-state index contributed by atoms with van der Waals surface area (Å²) in [5, 5.41) is 4.22. The van der Waals surface area contributed by atoms with Crippen molar-refractivity contribution in [2.45, 2.75) is 45.9 Å². The van der Waals surface area contributed by atoms with Gasteiger partial charge in [0.1, 0.15) is 5.75 Å². The molecule has 3 heterocycles. The fourth-order valence-corrected chi connectivity index (χ4v) is 5.21. The minimum atomic E-state index is -0.0484. The second-order valence-electron chi connectivity index (χ2n) is 7.76. The highest BCUT2D eigenvalue weighted by atomic mass is 127. The number of aryl methyl sites for hydroxylation is 2. The molecule has 2 atom stereocenters. The molecular formula is C23H25IN4OS. The fraction of sp³-hybridized carbons (Fsp3) is 0.304. The van der Waals surface area contributed by atoms with Crippen molar-refractivity contribution < 1.29 is 4.74 Å². The second kappa shape index (κ2) is 8.55. The molecule has 0 aliphatic carbocycles. The average Bonchev–Trinajstić information content (AvgIpc) is 3.18. The van der Waals surface area contributed by atoms with E-state index in [4.69, 9.17) is 17.0 Å². The van der Waals surface area contributed by atoms with E-state index < -0.39 is 0 Å². The number of pyridine rings is 1. The number of H-pyrrole nitrogens is 1. The highest BCUT2D eigenvalue weighted by molar-refractivity contribution is 14.1. The zero-order valence-electron chi connectivity index (χ0n) is 17.4. The van der Waals surface area contributed by atoms with E-state index in [1.807, 2.05) is 44.3 Å². The monoisotopic (exact) mass is 532 g/mol. The third kappa shape index (κ3) is 3.92. The van der Waals surface area contributed by atoms with Crippen molar-refractivity contribution in [1.82, 2.24) is 15.3 Å². The molecule has 2 N–H and O–H groups in total. The molecule has 0 unspecified atom stereocenters. The summed E-state index contributed by atoms with van der Waals surface area (Å²) in [4.78, 5) is 10.3. The molecule has 1 aliphatic heterocycles. The molecule has 2 aromatic heterocycles. The maximum Gasteiger partial charge on any atom is 0.174 e. The van der Waals surface area contributed by atoms with Crippen LogP contribution in [-0.2, 0) is 0 Å². The Labute approximate surface area is 196 Å². The van der Waals surface area contributed by atoms with Crippen molar-refractivity contribution >= 4 is 45.6 Å². The van der Waals surface area contributed by atoms with Gasteiger partial charge in [0, 0.05) is 32.4 Å². The van der Waals surface area contributed by atoms with Crippen molar-refractivity contribution in [3.63, 3.8) is 0 Å². The van der Waals surface area contributed by atoms with E-state index in [0.29, 0.717) is 5.11 Å². The Morgan fingerprint density at radius 1 is 1.10 bits per heavy atom. The molecule has 0 bridgehead atoms. The lowest BCUT2D eigenvalue weighted by molar-refractivity contribution is 0.242. The minimum Gasteiger partial charge on any atom is -0.491 e. The Hall–Kier alpha value is -2.13. The normalized spacial score (nSPS) is 18.7. The number of hydrogen-bond acceptors (Lipinski definition) is 3. The molecule has 156 valence electrons. The Kier molecular flexibility index (Phi) is 6.02. The van der Waals surface area contributed by atoms with Gasteiger partial charge in [-0.05, 0) is 98.9 Å². The van der Waals surface area contributed by atoms with Crippen LogP contribution in [0.1, 0.15) is 48.6 Å². The van der Waals surface area contributed by atoms with E-state index in [-0.39, 0.29) is 18.2 Å². The number of halogens is 1. The lowest BCUT2D eigenvalue weighted by atomic mass is 9.96. The standard InChI is InChI=1S/C23H25IN4OS/c1-13(2)29-17-10-8-16(9-11-17)28-22(19-14(3)26-15(4)20(19)24)21(27-23(28)30)18-7-5-6-12-25-18/h5-13,21-22,26H,1-4H3,(H,27,30)/t21-,22-/m0/s1. The molecule has 7 heteroatoms. The van der Waals surface area contributed by atoms with E-state index in [9.17, 15) is 0 Å². The first-order valence-corrected chi connectivity index (χ1v) is 11.5. The number of hydrogen-bond donors (Lipinski definition) is 2. The molecule has 1 aliphatic rings. The Bertz CT molecular complexity index is 1050. The molecule has 5 nitrogen and oxygen atoms in total. The SMILES string of the molecule is Cc1[nH]c(C)c([C@H]2[C@H](c3ccccn3)NC(=S)N2c2ccc(OC(C)C)cc2)c1I. The van der Waals surface area contributed by atoms with Gasteiger partial charge >= 0.3 is 0 Å². The zero-order chi connectivity index (χ0) is 21.4. The Morgan fingerprint density at radius 3 is 2.40 bits per heavy atom.